The quantitative estimate of drug-likeness (QED) is 0.788. The molecule has 1 saturated heterocycles. The number of amides is 1. The lowest BCUT2D eigenvalue weighted by Crippen LogP contribution is -2.30. The smallest absolute Gasteiger partial charge is 0.287 e. The fourth-order valence-electron chi connectivity index (χ4n) is 2.53. The van der Waals surface area contributed by atoms with E-state index in [1.54, 1.807) is 6.20 Å². The molecule has 7 heteroatoms. The number of carbonyl (C=O) groups is 2. The summed E-state index contributed by atoms with van der Waals surface area (Å²) in [7, 11) is 0. The van der Waals surface area contributed by atoms with Gasteiger partial charge in [0.1, 0.15) is 11.8 Å². The molecule has 1 aromatic heterocycles. The average molecular weight is 358 g/mol. The summed E-state index contributed by atoms with van der Waals surface area (Å²) in [4.78, 5) is 27.1. The van der Waals surface area contributed by atoms with Crippen LogP contribution in [0.25, 0.3) is 0 Å². The van der Waals surface area contributed by atoms with Gasteiger partial charge in [0.25, 0.3) is 5.24 Å². The number of thioether (sulfide) groups is 1. The molecule has 2 heterocycles. The monoisotopic (exact) mass is 358 g/mol. The maximum atomic E-state index is 11.6. The number of hydrogen-bond acceptors (Lipinski definition) is 6. The van der Waals surface area contributed by atoms with Crippen LogP contribution in [0, 0.1) is 0 Å². The van der Waals surface area contributed by atoms with Gasteiger partial charge in [-0.2, -0.15) is 0 Å². The number of rotatable bonds is 7. The second kappa shape index (κ2) is 8.13. The number of benzene rings is 1. The fourth-order valence-corrected chi connectivity index (χ4v) is 3.20. The van der Waals surface area contributed by atoms with Gasteiger partial charge in [-0.25, -0.2) is 0 Å². The van der Waals surface area contributed by atoms with Crippen LogP contribution in [0.1, 0.15) is 17.2 Å². The molecule has 1 aliphatic rings. The van der Waals surface area contributed by atoms with E-state index in [1.807, 2.05) is 42.5 Å². The standard InChI is InChI=1S/C18H18N2O4S/c21-10-13(15-3-1-2-8-19-15)11-24-14-6-4-12(5-7-14)9-16-17(22)25-18(23)20-16/h1-8,13,16,21H,9-11H2,(H,20,23). The van der Waals surface area contributed by atoms with Crippen molar-refractivity contribution >= 4 is 22.1 Å². The molecule has 2 aromatic rings. The number of hydrogen-bond donors (Lipinski definition) is 2. The zero-order chi connectivity index (χ0) is 17.6. The van der Waals surface area contributed by atoms with E-state index in [2.05, 4.69) is 10.3 Å². The Morgan fingerprint density at radius 3 is 2.60 bits per heavy atom. The Balaban J connectivity index is 1.55. The van der Waals surface area contributed by atoms with Crippen molar-refractivity contribution in [3.05, 3.63) is 59.9 Å². The molecule has 0 aliphatic carbocycles. The van der Waals surface area contributed by atoms with Crippen molar-refractivity contribution in [1.82, 2.24) is 10.3 Å². The van der Waals surface area contributed by atoms with Gasteiger partial charge in [-0.1, -0.05) is 18.2 Å². The van der Waals surface area contributed by atoms with Crippen LogP contribution < -0.4 is 10.1 Å². The van der Waals surface area contributed by atoms with Crippen LogP contribution in [-0.2, 0) is 11.2 Å². The number of aliphatic hydroxyl groups excluding tert-OH is 1. The highest BCUT2D eigenvalue weighted by atomic mass is 32.2. The van der Waals surface area contributed by atoms with Crippen LogP contribution in [0.15, 0.2) is 48.7 Å². The van der Waals surface area contributed by atoms with Crippen molar-refractivity contribution in [2.24, 2.45) is 0 Å². The summed E-state index contributed by atoms with van der Waals surface area (Å²) in [5, 5.41) is 11.7. The molecule has 1 fully saturated rings. The molecule has 0 radical (unpaired) electrons. The molecule has 0 spiro atoms. The Labute approximate surface area is 149 Å². The van der Waals surface area contributed by atoms with Gasteiger partial charge in [-0.15, -0.1) is 0 Å². The largest absolute Gasteiger partial charge is 0.493 e. The van der Waals surface area contributed by atoms with Crippen molar-refractivity contribution in [3.63, 3.8) is 0 Å². The summed E-state index contributed by atoms with van der Waals surface area (Å²) in [6.07, 6.45) is 2.15. The number of aromatic nitrogens is 1. The first kappa shape index (κ1) is 17.4. The number of aliphatic hydroxyl groups is 1. The predicted octanol–water partition coefficient (Wildman–Crippen LogP) is 2.13. The zero-order valence-corrected chi connectivity index (χ0v) is 14.2. The molecule has 3 rings (SSSR count). The zero-order valence-electron chi connectivity index (χ0n) is 13.4. The van der Waals surface area contributed by atoms with E-state index >= 15 is 0 Å². The highest BCUT2D eigenvalue weighted by Crippen LogP contribution is 2.21. The van der Waals surface area contributed by atoms with Crippen LogP contribution in [-0.4, -0.2) is 39.7 Å². The first-order valence-corrected chi connectivity index (χ1v) is 8.73. The Bertz CT molecular complexity index is 737. The summed E-state index contributed by atoms with van der Waals surface area (Å²) >= 11 is 0.719. The maximum Gasteiger partial charge on any atom is 0.287 e. The fraction of sp³-hybridized carbons (Fsp3) is 0.278. The van der Waals surface area contributed by atoms with E-state index in [9.17, 15) is 14.7 Å². The Morgan fingerprint density at radius 1 is 1.20 bits per heavy atom. The summed E-state index contributed by atoms with van der Waals surface area (Å²) in [6, 6.07) is 12.5. The normalized spacial score (nSPS) is 18.0. The van der Waals surface area contributed by atoms with Gasteiger partial charge in [0.2, 0.25) is 5.12 Å². The van der Waals surface area contributed by atoms with Gasteiger partial charge in [-0.3, -0.25) is 14.6 Å². The van der Waals surface area contributed by atoms with E-state index in [4.69, 9.17) is 4.74 Å². The molecule has 2 unspecified atom stereocenters. The van der Waals surface area contributed by atoms with Crippen LogP contribution in [0.3, 0.4) is 0 Å². The minimum absolute atomic E-state index is 0.0454. The minimum atomic E-state index is -0.466. The molecular weight excluding hydrogens is 340 g/mol. The highest BCUT2D eigenvalue weighted by Gasteiger charge is 2.31. The van der Waals surface area contributed by atoms with Crippen LogP contribution in [0.4, 0.5) is 4.79 Å². The van der Waals surface area contributed by atoms with Crippen LogP contribution in [0.5, 0.6) is 5.75 Å². The molecule has 130 valence electrons. The molecule has 1 aliphatic heterocycles. The first-order valence-electron chi connectivity index (χ1n) is 7.91. The average Bonchev–Trinajstić information content (AvgIpc) is 2.95. The molecule has 25 heavy (non-hydrogen) atoms. The van der Waals surface area contributed by atoms with Gasteiger partial charge in [0, 0.05) is 30.1 Å². The second-order valence-electron chi connectivity index (χ2n) is 5.70. The van der Waals surface area contributed by atoms with Crippen molar-refractivity contribution in [2.75, 3.05) is 13.2 Å². The third-order valence-electron chi connectivity index (χ3n) is 3.91. The van der Waals surface area contributed by atoms with E-state index < -0.39 is 6.04 Å². The lowest BCUT2D eigenvalue weighted by atomic mass is 10.1. The van der Waals surface area contributed by atoms with E-state index in [1.165, 1.54) is 0 Å². The van der Waals surface area contributed by atoms with Gasteiger partial charge >= 0.3 is 0 Å². The first-order chi connectivity index (χ1) is 12.2. The molecular formula is C18H18N2O4S. The summed E-state index contributed by atoms with van der Waals surface area (Å²) in [6.45, 7) is 0.275. The summed E-state index contributed by atoms with van der Waals surface area (Å²) in [5.74, 6) is 0.485. The number of nitrogens with one attached hydrogen (secondary N) is 1. The minimum Gasteiger partial charge on any atom is -0.493 e. The van der Waals surface area contributed by atoms with Gasteiger partial charge in [-0.05, 0) is 29.8 Å². The topological polar surface area (TPSA) is 88.5 Å². The number of carbonyl (C=O) groups excluding carboxylic acids is 2. The molecule has 2 atom stereocenters. The number of ether oxygens (including phenoxy) is 1. The lowest BCUT2D eigenvalue weighted by molar-refractivity contribution is -0.112. The second-order valence-corrected chi connectivity index (χ2v) is 6.68. The van der Waals surface area contributed by atoms with E-state index in [0.717, 1.165) is 23.0 Å². The lowest BCUT2D eigenvalue weighted by Gasteiger charge is -2.15. The maximum absolute atomic E-state index is 11.6. The summed E-state index contributed by atoms with van der Waals surface area (Å²) in [5.41, 5.74) is 1.73. The Hall–Kier alpha value is -2.38. The van der Waals surface area contributed by atoms with E-state index in [-0.39, 0.29) is 22.9 Å². The summed E-state index contributed by atoms with van der Waals surface area (Å²) < 4.78 is 5.74. The third-order valence-corrected chi connectivity index (χ3v) is 4.70. The van der Waals surface area contributed by atoms with Gasteiger partial charge < -0.3 is 15.2 Å². The molecule has 2 N–H and O–H groups in total. The van der Waals surface area contributed by atoms with Gasteiger partial charge in [0.15, 0.2) is 0 Å². The molecule has 1 aromatic carbocycles. The number of pyridine rings is 1. The molecule has 1 amide bonds. The third kappa shape index (κ3) is 4.58. The highest BCUT2D eigenvalue weighted by molar-refractivity contribution is 8.26. The Morgan fingerprint density at radius 2 is 2.00 bits per heavy atom. The van der Waals surface area contributed by atoms with Crippen LogP contribution >= 0.6 is 11.8 Å². The van der Waals surface area contributed by atoms with Crippen molar-refractivity contribution in [3.8, 4) is 5.75 Å². The Kier molecular flexibility index (Phi) is 5.67. The molecule has 6 nitrogen and oxygen atoms in total. The van der Waals surface area contributed by atoms with Gasteiger partial charge in [0.05, 0.1) is 19.1 Å². The molecule has 0 saturated carbocycles. The predicted molar refractivity (Wildman–Crippen MR) is 94.6 cm³/mol. The van der Waals surface area contributed by atoms with Crippen molar-refractivity contribution in [2.45, 2.75) is 18.4 Å². The van der Waals surface area contributed by atoms with E-state index in [0.29, 0.717) is 18.8 Å². The van der Waals surface area contributed by atoms with Crippen molar-refractivity contribution in [1.29, 1.82) is 0 Å². The SMILES string of the molecule is O=C1NC(Cc2ccc(OCC(CO)c3ccccn3)cc2)C(=O)S1. The molecule has 0 bridgehead atoms. The van der Waals surface area contributed by atoms with Crippen LogP contribution in [0.2, 0.25) is 0 Å². The number of nitrogens with zero attached hydrogens (tertiary/aromatic N) is 1. The van der Waals surface area contributed by atoms with Crippen molar-refractivity contribution < 1.29 is 19.4 Å².